The Morgan fingerprint density at radius 1 is 1.14 bits per heavy atom. The smallest absolute Gasteiger partial charge is 0.257 e. The number of nitrogens with two attached hydrogens (primary N) is 2. The maximum Gasteiger partial charge on any atom is 0.257 e. The van der Waals surface area contributed by atoms with Crippen LogP contribution in [0.15, 0.2) is 36.4 Å². The summed E-state index contributed by atoms with van der Waals surface area (Å²) in [5, 5.41) is 2.72. The highest BCUT2D eigenvalue weighted by Gasteiger charge is 2.14. The van der Waals surface area contributed by atoms with Crippen molar-refractivity contribution in [1.82, 2.24) is 0 Å². The standard InChI is InChI=1S/C14H11ClFN3O2/c15-8-2-3-9(11(17)6-8)14(21)19-12-5-7(13(18)20)1-4-10(12)16/h1-6H,17H2,(H2,18,20)(H,19,21). The molecule has 0 aliphatic heterocycles. The summed E-state index contributed by atoms with van der Waals surface area (Å²) in [7, 11) is 0. The second kappa shape index (κ2) is 5.80. The van der Waals surface area contributed by atoms with Crippen LogP contribution in [-0.4, -0.2) is 11.8 Å². The lowest BCUT2D eigenvalue weighted by Gasteiger charge is -2.09. The first-order valence-electron chi connectivity index (χ1n) is 5.84. The van der Waals surface area contributed by atoms with Crippen LogP contribution in [0.3, 0.4) is 0 Å². The third kappa shape index (κ3) is 3.29. The molecule has 2 aromatic carbocycles. The molecule has 0 spiro atoms. The summed E-state index contributed by atoms with van der Waals surface area (Å²) in [6.07, 6.45) is 0. The van der Waals surface area contributed by atoms with E-state index in [9.17, 15) is 14.0 Å². The summed E-state index contributed by atoms with van der Waals surface area (Å²) < 4.78 is 13.7. The third-order valence-electron chi connectivity index (χ3n) is 2.76. The molecular formula is C14H11ClFN3O2. The van der Waals surface area contributed by atoms with E-state index >= 15 is 0 Å². The third-order valence-corrected chi connectivity index (χ3v) is 2.99. The average Bonchev–Trinajstić information content (AvgIpc) is 2.40. The van der Waals surface area contributed by atoms with Gasteiger partial charge in [0.25, 0.3) is 5.91 Å². The van der Waals surface area contributed by atoms with Gasteiger partial charge in [0.1, 0.15) is 5.82 Å². The highest BCUT2D eigenvalue weighted by molar-refractivity contribution is 6.31. The molecule has 5 nitrogen and oxygen atoms in total. The van der Waals surface area contributed by atoms with Crippen molar-refractivity contribution < 1.29 is 14.0 Å². The van der Waals surface area contributed by atoms with E-state index in [1.165, 1.54) is 24.3 Å². The van der Waals surface area contributed by atoms with Crippen molar-refractivity contribution in [2.24, 2.45) is 5.73 Å². The molecular weight excluding hydrogens is 297 g/mol. The summed E-state index contributed by atoms with van der Waals surface area (Å²) in [6.45, 7) is 0. The van der Waals surface area contributed by atoms with Gasteiger partial charge in [0.2, 0.25) is 5.91 Å². The zero-order valence-corrected chi connectivity index (χ0v) is 11.4. The van der Waals surface area contributed by atoms with E-state index in [0.717, 1.165) is 12.1 Å². The van der Waals surface area contributed by atoms with Gasteiger partial charge in [0, 0.05) is 16.3 Å². The van der Waals surface area contributed by atoms with Gasteiger partial charge in [-0.2, -0.15) is 0 Å². The lowest BCUT2D eigenvalue weighted by molar-refractivity contribution is 0.0996. The first-order chi connectivity index (χ1) is 9.88. The monoisotopic (exact) mass is 307 g/mol. The molecule has 7 heteroatoms. The minimum Gasteiger partial charge on any atom is -0.398 e. The van der Waals surface area contributed by atoms with Gasteiger partial charge in [-0.05, 0) is 36.4 Å². The maximum absolute atomic E-state index is 13.7. The number of carbonyl (C=O) groups is 2. The molecule has 0 saturated carbocycles. The van der Waals surface area contributed by atoms with Crippen LogP contribution in [0.2, 0.25) is 5.02 Å². The first kappa shape index (κ1) is 14.8. The van der Waals surface area contributed by atoms with Crippen molar-refractivity contribution in [3.05, 3.63) is 58.4 Å². The van der Waals surface area contributed by atoms with Gasteiger partial charge in [-0.15, -0.1) is 0 Å². The van der Waals surface area contributed by atoms with E-state index < -0.39 is 17.6 Å². The number of amides is 2. The van der Waals surface area contributed by atoms with Crippen LogP contribution in [0.25, 0.3) is 0 Å². The summed E-state index contributed by atoms with van der Waals surface area (Å²) in [4.78, 5) is 23.1. The number of nitrogen functional groups attached to an aromatic ring is 1. The van der Waals surface area contributed by atoms with Crippen LogP contribution < -0.4 is 16.8 Å². The van der Waals surface area contributed by atoms with E-state index in [4.69, 9.17) is 23.1 Å². The SMILES string of the molecule is NC(=O)c1ccc(F)c(NC(=O)c2ccc(Cl)cc2N)c1. The van der Waals surface area contributed by atoms with Gasteiger partial charge < -0.3 is 16.8 Å². The van der Waals surface area contributed by atoms with E-state index in [1.54, 1.807) is 0 Å². The minimum absolute atomic E-state index is 0.0794. The lowest BCUT2D eigenvalue weighted by atomic mass is 10.1. The second-order valence-corrected chi connectivity index (χ2v) is 4.68. The molecule has 5 N–H and O–H groups in total. The van der Waals surface area contributed by atoms with Gasteiger partial charge in [0.05, 0.1) is 11.3 Å². The van der Waals surface area contributed by atoms with Gasteiger partial charge in [0.15, 0.2) is 0 Å². The van der Waals surface area contributed by atoms with Crippen LogP contribution in [0.5, 0.6) is 0 Å². The van der Waals surface area contributed by atoms with Crippen LogP contribution in [0, 0.1) is 5.82 Å². The number of hydrogen-bond donors (Lipinski definition) is 3. The average molecular weight is 308 g/mol. The van der Waals surface area contributed by atoms with E-state index in [0.29, 0.717) is 5.02 Å². The Morgan fingerprint density at radius 3 is 2.48 bits per heavy atom. The summed E-state index contributed by atoms with van der Waals surface area (Å²) in [5.41, 5.74) is 11.0. The normalized spacial score (nSPS) is 10.2. The molecule has 21 heavy (non-hydrogen) atoms. The summed E-state index contributed by atoms with van der Waals surface area (Å²) in [6, 6.07) is 7.74. The van der Waals surface area contributed by atoms with Crippen LogP contribution in [-0.2, 0) is 0 Å². The number of carbonyl (C=O) groups excluding carboxylic acids is 2. The largest absolute Gasteiger partial charge is 0.398 e. The molecule has 0 unspecified atom stereocenters. The van der Waals surface area contributed by atoms with E-state index in [1.807, 2.05) is 0 Å². The molecule has 0 aromatic heterocycles. The predicted octanol–water partition coefficient (Wildman–Crippen LogP) is 2.41. The van der Waals surface area contributed by atoms with Crippen LogP contribution >= 0.6 is 11.6 Å². The molecule has 2 rings (SSSR count). The fraction of sp³-hybridized carbons (Fsp3) is 0. The maximum atomic E-state index is 13.7. The molecule has 0 heterocycles. The summed E-state index contributed by atoms with van der Waals surface area (Å²) >= 11 is 5.74. The number of benzene rings is 2. The molecule has 0 saturated heterocycles. The fourth-order valence-electron chi connectivity index (χ4n) is 1.70. The van der Waals surface area contributed by atoms with E-state index in [-0.39, 0.29) is 22.5 Å². The molecule has 2 aromatic rings. The summed E-state index contributed by atoms with van der Waals surface area (Å²) in [5.74, 6) is -2.04. The molecule has 0 radical (unpaired) electrons. The van der Waals surface area contributed by atoms with Crippen molar-refractivity contribution in [3.8, 4) is 0 Å². The van der Waals surface area contributed by atoms with Crippen molar-refractivity contribution >= 4 is 34.8 Å². The molecule has 0 aliphatic carbocycles. The van der Waals surface area contributed by atoms with Crippen molar-refractivity contribution in [3.63, 3.8) is 0 Å². The van der Waals surface area contributed by atoms with E-state index in [2.05, 4.69) is 5.32 Å². The predicted molar refractivity (Wildman–Crippen MR) is 78.7 cm³/mol. The Kier molecular flexibility index (Phi) is 4.09. The van der Waals surface area contributed by atoms with Crippen molar-refractivity contribution in [2.45, 2.75) is 0 Å². The Bertz CT molecular complexity index is 734. The molecule has 0 atom stereocenters. The van der Waals surface area contributed by atoms with Crippen LogP contribution in [0.1, 0.15) is 20.7 Å². The van der Waals surface area contributed by atoms with Gasteiger partial charge >= 0.3 is 0 Å². The number of rotatable bonds is 3. The first-order valence-corrected chi connectivity index (χ1v) is 6.22. The molecule has 108 valence electrons. The van der Waals surface area contributed by atoms with Crippen LogP contribution in [0.4, 0.5) is 15.8 Å². The molecule has 0 fully saturated rings. The topological polar surface area (TPSA) is 98.2 Å². The fourth-order valence-corrected chi connectivity index (χ4v) is 1.88. The number of anilines is 2. The number of primary amides is 1. The second-order valence-electron chi connectivity index (χ2n) is 4.24. The Labute approximate surface area is 124 Å². The van der Waals surface area contributed by atoms with Crippen molar-refractivity contribution in [2.75, 3.05) is 11.1 Å². The lowest BCUT2D eigenvalue weighted by Crippen LogP contribution is -2.16. The molecule has 0 bridgehead atoms. The Hall–Kier alpha value is -2.60. The van der Waals surface area contributed by atoms with Gasteiger partial charge in [-0.3, -0.25) is 9.59 Å². The van der Waals surface area contributed by atoms with Gasteiger partial charge in [-0.25, -0.2) is 4.39 Å². The quantitative estimate of drug-likeness (QED) is 0.759. The molecule has 0 aliphatic rings. The molecule has 2 amide bonds. The van der Waals surface area contributed by atoms with Crippen molar-refractivity contribution in [1.29, 1.82) is 0 Å². The highest BCUT2D eigenvalue weighted by Crippen LogP contribution is 2.21. The zero-order chi connectivity index (χ0) is 15.6. The highest BCUT2D eigenvalue weighted by atomic mass is 35.5. The van der Waals surface area contributed by atoms with Gasteiger partial charge in [-0.1, -0.05) is 11.6 Å². The Morgan fingerprint density at radius 2 is 1.86 bits per heavy atom. The zero-order valence-electron chi connectivity index (χ0n) is 10.7. The number of halogens is 2. The Balaban J connectivity index is 2.31. The number of nitrogens with one attached hydrogen (secondary N) is 1. The minimum atomic E-state index is -0.725. The number of hydrogen-bond acceptors (Lipinski definition) is 3.